The second-order valence-electron chi connectivity index (χ2n) is 9.93. The van der Waals surface area contributed by atoms with E-state index >= 15 is 0 Å². The molecule has 3 aliphatic rings. The molecule has 2 aliphatic heterocycles. The van der Waals surface area contributed by atoms with Crippen LogP contribution in [0.2, 0.25) is 0 Å². The molecule has 1 amide bonds. The van der Waals surface area contributed by atoms with Gasteiger partial charge in [0.1, 0.15) is 29.9 Å². The van der Waals surface area contributed by atoms with Gasteiger partial charge in [0.15, 0.2) is 0 Å². The molecule has 0 aromatic rings. The number of thioether (sulfide) groups is 1. The fourth-order valence-corrected chi connectivity index (χ4v) is 6.19. The summed E-state index contributed by atoms with van der Waals surface area (Å²) < 4.78 is 5.78. The minimum absolute atomic E-state index is 0.227. The van der Waals surface area contributed by atoms with Crippen LogP contribution in [0.4, 0.5) is 0 Å². The van der Waals surface area contributed by atoms with Crippen LogP contribution in [0.3, 0.4) is 0 Å². The fourth-order valence-electron chi connectivity index (χ4n) is 5.51. The number of aliphatic hydroxyl groups is 4. The van der Waals surface area contributed by atoms with Crippen molar-refractivity contribution in [2.45, 2.75) is 113 Å². The monoisotopic (exact) mass is 474 g/mol. The Kier molecular flexibility index (Phi) is 10.1. The van der Waals surface area contributed by atoms with Gasteiger partial charge < -0.3 is 35.8 Å². The average molecular weight is 475 g/mol. The van der Waals surface area contributed by atoms with Gasteiger partial charge in [-0.15, -0.1) is 11.8 Å². The van der Waals surface area contributed by atoms with E-state index in [4.69, 9.17) is 4.74 Å². The Morgan fingerprint density at radius 2 is 1.75 bits per heavy atom. The molecule has 6 N–H and O–H groups in total. The summed E-state index contributed by atoms with van der Waals surface area (Å²) in [5, 5.41) is 47.3. The van der Waals surface area contributed by atoms with Crippen molar-refractivity contribution in [3.63, 3.8) is 0 Å². The van der Waals surface area contributed by atoms with Gasteiger partial charge in [-0.05, 0) is 44.4 Å². The molecule has 8 nitrogen and oxygen atoms in total. The Morgan fingerprint density at radius 3 is 2.41 bits per heavy atom. The van der Waals surface area contributed by atoms with Gasteiger partial charge in [-0.25, -0.2) is 0 Å². The number of carbonyl (C=O) groups is 1. The summed E-state index contributed by atoms with van der Waals surface area (Å²) in [6.07, 6.45) is 6.58. The molecule has 1 aliphatic carbocycles. The molecule has 0 aromatic heterocycles. The van der Waals surface area contributed by atoms with Crippen molar-refractivity contribution < 1.29 is 30.0 Å². The molecule has 0 aromatic carbocycles. The topological polar surface area (TPSA) is 131 Å². The van der Waals surface area contributed by atoms with Crippen molar-refractivity contribution in [2.75, 3.05) is 12.8 Å². The van der Waals surface area contributed by atoms with Crippen molar-refractivity contribution in [3.05, 3.63) is 0 Å². The van der Waals surface area contributed by atoms with E-state index in [2.05, 4.69) is 10.6 Å². The van der Waals surface area contributed by atoms with Crippen LogP contribution in [0.15, 0.2) is 0 Å². The van der Waals surface area contributed by atoms with Gasteiger partial charge in [0.25, 0.3) is 0 Å². The van der Waals surface area contributed by atoms with E-state index in [1.807, 2.05) is 0 Å². The maximum atomic E-state index is 13.1. The maximum absolute atomic E-state index is 13.1. The summed E-state index contributed by atoms with van der Waals surface area (Å²) in [6.45, 7) is 2.31. The zero-order chi connectivity index (χ0) is 23.3. The van der Waals surface area contributed by atoms with Crippen LogP contribution in [0.25, 0.3) is 0 Å². The van der Waals surface area contributed by atoms with E-state index < -0.39 is 42.0 Å². The lowest BCUT2D eigenvalue weighted by molar-refractivity contribution is -0.211. The normalized spacial score (nSPS) is 38.8. The zero-order valence-electron chi connectivity index (χ0n) is 19.4. The molecule has 0 bridgehead atoms. The number of hydrogen-bond acceptors (Lipinski definition) is 8. The summed E-state index contributed by atoms with van der Waals surface area (Å²) in [5.74, 6) is 1.12. The van der Waals surface area contributed by atoms with E-state index in [0.717, 1.165) is 31.7 Å². The highest BCUT2D eigenvalue weighted by Gasteiger charge is 2.48. The number of amides is 1. The second kappa shape index (κ2) is 12.3. The zero-order valence-corrected chi connectivity index (χ0v) is 20.2. The van der Waals surface area contributed by atoms with Crippen molar-refractivity contribution in [1.82, 2.24) is 10.6 Å². The average Bonchev–Trinajstić information content (AvgIpc) is 2.81. The molecule has 9 heteroatoms. The number of piperidine rings is 1. The molecule has 0 radical (unpaired) electrons. The highest BCUT2D eigenvalue weighted by molar-refractivity contribution is 7.99. The number of aliphatic hydroxyl groups excluding tert-OH is 4. The number of rotatable bonds is 8. The molecule has 3 fully saturated rings. The third-order valence-corrected chi connectivity index (χ3v) is 8.41. The predicted octanol–water partition coefficient (Wildman–Crippen LogP) is 0.751. The van der Waals surface area contributed by atoms with Crippen LogP contribution in [0, 0.1) is 11.8 Å². The van der Waals surface area contributed by atoms with Crippen molar-refractivity contribution >= 4 is 17.7 Å². The highest BCUT2D eigenvalue weighted by atomic mass is 32.2. The molecule has 3 rings (SSSR count). The first-order valence-corrected chi connectivity index (χ1v) is 13.5. The number of hydrogen-bond donors (Lipinski definition) is 6. The SMILES string of the molecule is CS[C@H]1O[C@H]([C@H](NC(=O)C2CC(CCC3CCCCC3)CCN2)[C@H](C)O)[C@H](O)[C@H](O)[C@H]1O. The van der Waals surface area contributed by atoms with Gasteiger partial charge >= 0.3 is 0 Å². The van der Waals surface area contributed by atoms with Crippen LogP contribution < -0.4 is 10.6 Å². The summed E-state index contributed by atoms with van der Waals surface area (Å²) in [5.41, 5.74) is -0.756. The Bertz CT molecular complexity index is 589. The lowest BCUT2D eigenvalue weighted by Gasteiger charge is -2.44. The van der Waals surface area contributed by atoms with E-state index in [1.54, 1.807) is 6.26 Å². The first kappa shape index (κ1) is 26.2. The number of ether oxygens (including phenoxy) is 1. The van der Waals surface area contributed by atoms with E-state index in [0.29, 0.717) is 5.92 Å². The van der Waals surface area contributed by atoms with Gasteiger partial charge in [0.05, 0.1) is 18.2 Å². The molecular weight excluding hydrogens is 432 g/mol. The largest absolute Gasteiger partial charge is 0.391 e. The Labute approximate surface area is 195 Å². The van der Waals surface area contributed by atoms with Crippen LogP contribution in [0.1, 0.15) is 64.7 Å². The summed E-state index contributed by atoms with van der Waals surface area (Å²) in [6, 6.07) is -1.26. The molecule has 186 valence electrons. The summed E-state index contributed by atoms with van der Waals surface area (Å²) >= 11 is 1.21. The Hall–Kier alpha value is -0.420. The van der Waals surface area contributed by atoms with Gasteiger partial charge in [-0.3, -0.25) is 4.79 Å². The molecule has 2 saturated heterocycles. The van der Waals surface area contributed by atoms with Gasteiger partial charge in [-0.2, -0.15) is 0 Å². The summed E-state index contributed by atoms with van der Waals surface area (Å²) in [7, 11) is 0. The Morgan fingerprint density at radius 1 is 1.06 bits per heavy atom. The van der Waals surface area contributed by atoms with Crippen molar-refractivity contribution in [3.8, 4) is 0 Å². The molecule has 1 saturated carbocycles. The minimum Gasteiger partial charge on any atom is -0.391 e. The van der Waals surface area contributed by atoms with Gasteiger partial charge in [0, 0.05) is 0 Å². The molecule has 9 atom stereocenters. The second-order valence-corrected chi connectivity index (χ2v) is 10.9. The molecule has 32 heavy (non-hydrogen) atoms. The van der Waals surface area contributed by atoms with Crippen molar-refractivity contribution in [1.29, 1.82) is 0 Å². The number of nitrogens with one attached hydrogen (secondary N) is 2. The van der Waals surface area contributed by atoms with Crippen LogP contribution in [-0.2, 0) is 9.53 Å². The summed E-state index contributed by atoms with van der Waals surface area (Å²) in [4.78, 5) is 13.1. The lowest BCUT2D eigenvalue weighted by Crippen LogP contribution is -2.66. The quantitative estimate of drug-likeness (QED) is 0.304. The van der Waals surface area contributed by atoms with Crippen LogP contribution in [0.5, 0.6) is 0 Å². The van der Waals surface area contributed by atoms with Crippen LogP contribution >= 0.6 is 11.8 Å². The van der Waals surface area contributed by atoms with E-state index in [-0.39, 0.29) is 11.9 Å². The molecular formula is C23H42N2O6S. The lowest BCUT2D eigenvalue weighted by atomic mass is 9.81. The van der Waals surface area contributed by atoms with Crippen LogP contribution in [-0.4, -0.2) is 87.2 Å². The first-order valence-electron chi connectivity index (χ1n) is 12.3. The standard InChI is InChI=1S/C23H42N2O6S/c1-13(26)17(21-19(28)18(27)20(29)23(31-21)32-2)25-22(30)16-12-15(10-11-24-16)9-8-14-6-4-3-5-7-14/h13-21,23-24,26-29H,3-12H2,1-2H3,(H,25,30)/t13-,15?,16?,17+,18-,19+,20+,21+,23+/m0/s1. The van der Waals surface area contributed by atoms with Gasteiger partial charge in [-0.1, -0.05) is 44.9 Å². The molecule has 2 unspecified atom stereocenters. The number of carbonyl (C=O) groups excluding carboxylic acids is 1. The third-order valence-electron chi connectivity index (χ3n) is 7.56. The van der Waals surface area contributed by atoms with E-state index in [9.17, 15) is 25.2 Å². The van der Waals surface area contributed by atoms with Gasteiger partial charge in [0.2, 0.25) is 5.91 Å². The fraction of sp³-hybridized carbons (Fsp3) is 0.957. The minimum atomic E-state index is -1.42. The first-order chi connectivity index (χ1) is 15.3. The highest BCUT2D eigenvalue weighted by Crippen LogP contribution is 2.32. The Balaban J connectivity index is 1.56. The van der Waals surface area contributed by atoms with Crippen molar-refractivity contribution in [2.24, 2.45) is 11.8 Å². The smallest absolute Gasteiger partial charge is 0.237 e. The maximum Gasteiger partial charge on any atom is 0.237 e. The molecule has 0 spiro atoms. The molecule has 2 heterocycles. The third kappa shape index (κ3) is 6.58. The predicted molar refractivity (Wildman–Crippen MR) is 124 cm³/mol. The van der Waals surface area contributed by atoms with E-state index in [1.165, 1.54) is 57.2 Å².